The molecule has 1 aliphatic rings. The van der Waals surface area contributed by atoms with Crippen LogP contribution < -0.4 is 15.3 Å². The largest absolute Gasteiger partial charge is 0.443 e. The highest BCUT2D eigenvalue weighted by molar-refractivity contribution is 5.94. The van der Waals surface area contributed by atoms with Crippen molar-refractivity contribution >= 4 is 23.6 Å². The molecule has 0 saturated carbocycles. The Morgan fingerprint density at radius 3 is 2.14 bits per heavy atom. The quantitative estimate of drug-likeness (QED) is 0.772. The lowest BCUT2D eigenvalue weighted by atomic mass is 10.2. The van der Waals surface area contributed by atoms with Crippen LogP contribution in [0.15, 0.2) is 24.3 Å². The van der Waals surface area contributed by atoms with Gasteiger partial charge in [0, 0.05) is 13.1 Å². The number of nitrogens with one attached hydrogen (secondary N) is 1. The number of hydrogen-bond donors (Lipinski definition) is 1. The van der Waals surface area contributed by atoms with E-state index in [-0.39, 0.29) is 0 Å². The summed E-state index contributed by atoms with van der Waals surface area (Å²) in [4.78, 5) is 27.4. The first-order valence-corrected chi connectivity index (χ1v) is 9.41. The third-order valence-corrected chi connectivity index (χ3v) is 3.65. The zero-order chi connectivity index (χ0) is 20.9. The van der Waals surface area contributed by atoms with Gasteiger partial charge in [-0.3, -0.25) is 0 Å². The van der Waals surface area contributed by atoms with Crippen LogP contribution in [0.25, 0.3) is 0 Å². The van der Waals surface area contributed by atoms with Crippen molar-refractivity contribution in [2.24, 2.45) is 0 Å². The number of benzene rings is 1. The maximum absolute atomic E-state index is 12.9. The van der Waals surface area contributed by atoms with Crippen molar-refractivity contribution in [1.29, 1.82) is 0 Å². The molecule has 1 heterocycles. The van der Waals surface area contributed by atoms with E-state index in [1.54, 1.807) is 53.7 Å². The molecule has 0 radical (unpaired) electrons. The van der Waals surface area contributed by atoms with Crippen LogP contribution in [0.3, 0.4) is 0 Å². The van der Waals surface area contributed by atoms with Gasteiger partial charge in [0.15, 0.2) is 0 Å². The van der Waals surface area contributed by atoms with Crippen molar-refractivity contribution in [1.82, 2.24) is 5.43 Å². The van der Waals surface area contributed by atoms with Gasteiger partial charge in [-0.05, 0) is 53.7 Å². The Bertz CT molecular complexity index is 688. The number of anilines is 2. The molecule has 1 aromatic rings. The summed E-state index contributed by atoms with van der Waals surface area (Å²) in [5.41, 5.74) is 2.41. The highest BCUT2D eigenvalue weighted by Crippen LogP contribution is 2.30. The fourth-order valence-corrected chi connectivity index (χ4v) is 2.63. The molecule has 0 atom stereocenters. The number of carbonyl (C=O) groups excluding carboxylic acids is 2. The molecule has 1 aromatic carbocycles. The van der Waals surface area contributed by atoms with Crippen LogP contribution in [0.1, 0.15) is 41.5 Å². The number of hydrazine groups is 1. The topological polar surface area (TPSA) is 80.3 Å². The minimum Gasteiger partial charge on any atom is -0.443 e. The lowest BCUT2D eigenvalue weighted by Gasteiger charge is -2.34. The Morgan fingerprint density at radius 2 is 1.57 bits per heavy atom. The molecule has 8 nitrogen and oxygen atoms in total. The van der Waals surface area contributed by atoms with E-state index in [0.717, 1.165) is 10.7 Å². The van der Waals surface area contributed by atoms with E-state index in [4.69, 9.17) is 14.2 Å². The molecule has 1 saturated heterocycles. The van der Waals surface area contributed by atoms with Gasteiger partial charge in [0.25, 0.3) is 0 Å². The second kappa shape index (κ2) is 8.68. The fraction of sp³-hybridized carbons (Fsp3) is 0.600. The highest BCUT2D eigenvalue weighted by Gasteiger charge is 2.30. The number of nitrogens with zero attached hydrogens (tertiary/aromatic N) is 2. The van der Waals surface area contributed by atoms with E-state index >= 15 is 0 Å². The lowest BCUT2D eigenvalue weighted by Crippen LogP contribution is -2.50. The van der Waals surface area contributed by atoms with Gasteiger partial charge in [-0.25, -0.2) is 15.0 Å². The first-order valence-electron chi connectivity index (χ1n) is 9.41. The van der Waals surface area contributed by atoms with Crippen LogP contribution in [0.2, 0.25) is 0 Å². The Kier molecular flexibility index (Phi) is 6.77. The zero-order valence-corrected chi connectivity index (χ0v) is 17.6. The van der Waals surface area contributed by atoms with Crippen LogP contribution in [0.4, 0.5) is 21.0 Å². The monoisotopic (exact) mass is 393 g/mol. The smallest absolute Gasteiger partial charge is 0.434 e. The van der Waals surface area contributed by atoms with Crippen LogP contribution in [0, 0.1) is 0 Å². The molecule has 1 aliphatic heterocycles. The normalized spacial score (nSPS) is 15.0. The third-order valence-electron chi connectivity index (χ3n) is 3.65. The number of rotatable bonds is 2. The SMILES string of the molecule is CC(C)(C)OC(=O)NN(C(=O)OC(C)(C)C)c1ccccc1N1CCOCC1. The fourth-order valence-electron chi connectivity index (χ4n) is 2.63. The van der Waals surface area contributed by atoms with Crippen LogP contribution in [0.5, 0.6) is 0 Å². The average molecular weight is 393 g/mol. The standard InChI is InChI=1S/C20H31N3O5/c1-19(2,3)27-17(24)21-23(18(25)28-20(4,5)6)16-10-8-7-9-15(16)22-11-13-26-14-12-22/h7-10H,11-14H2,1-6H3,(H,21,24). The van der Waals surface area contributed by atoms with Crippen molar-refractivity contribution in [2.45, 2.75) is 52.7 Å². The van der Waals surface area contributed by atoms with E-state index in [0.29, 0.717) is 32.0 Å². The van der Waals surface area contributed by atoms with Crippen molar-refractivity contribution in [3.05, 3.63) is 24.3 Å². The molecule has 2 amide bonds. The molecule has 8 heteroatoms. The molecule has 1 fully saturated rings. The Morgan fingerprint density at radius 1 is 1.00 bits per heavy atom. The van der Waals surface area contributed by atoms with Gasteiger partial charge in [-0.15, -0.1) is 0 Å². The zero-order valence-electron chi connectivity index (χ0n) is 17.6. The molecule has 1 N–H and O–H groups in total. The van der Waals surface area contributed by atoms with Crippen LogP contribution in [-0.4, -0.2) is 49.7 Å². The van der Waals surface area contributed by atoms with Gasteiger partial charge in [0.2, 0.25) is 0 Å². The summed E-state index contributed by atoms with van der Waals surface area (Å²) < 4.78 is 16.2. The Hall–Kier alpha value is -2.48. The van der Waals surface area contributed by atoms with Crippen molar-refractivity contribution in [3.8, 4) is 0 Å². The molecule has 0 unspecified atom stereocenters. The molecular formula is C20H31N3O5. The summed E-state index contributed by atoms with van der Waals surface area (Å²) in [6.45, 7) is 13.1. The molecule has 0 aromatic heterocycles. The van der Waals surface area contributed by atoms with E-state index in [1.165, 1.54) is 0 Å². The molecule has 0 spiro atoms. The summed E-state index contributed by atoms with van der Waals surface area (Å²) in [5.74, 6) is 0. The van der Waals surface area contributed by atoms with E-state index in [1.807, 2.05) is 12.1 Å². The maximum atomic E-state index is 12.9. The second-order valence-corrected chi connectivity index (χ2v) is 8.52. The minimum atomic E-state index is -0.741. The minimum absolute atomic E-state index is 0.504. The molecule has 0 aliphatic carbocycles. The summed E-state index contributed by atoms with van der Waals surface area (Å²) in [6.07, 6.45) is -1.44. The van der Waals surface area contributed by atoms with Gasteiger partial charge in [-0.1, -0.05) is 12.1 Å². The van der Waals surface area contributed by atoms with Crippen LogP contribution in [-0.2, 0) is 14.2 Å². The highest BCUT2D eigenvalue weighted by atomic mass is 16.6. The van der Waals surface area contributed by atoms with Crippen molar-refractivity contribution in [2.75, 3.05) is 36.2 Å². The molecule has 156 valence electrons. The Labute approximate surface area is 166 Å². The number of ether oxygens (including phenoxy) is 3. The number of hydrogen-bond acceptors (Lipinski definition) is 6. The van der Waals surface area contributed by atoms with E-state index in [9.17, 15) is 9.59 Å². The Balaban J connectivity index is 2.35. The van der Waals surface area contributed by atoms with Gasteiger partial charge >= 0.3 is 12.2 Å². The van der Waals surface area contributed by atoms with E-state index < -0.39 is 23.4 Å². The first-order chi connectivity index (χ1) is 13.0. The number of carbonyl (C=O) groups is 2. The van der Waals surface area contributed by atoms with E-state index in [2.05, 4.69) is 10.3 Å². The second-order valence-electron chi connectivity index (χ2n) is 8.52. The molecule has 2 rings (SSSR count). The summed E-state index contributed by atoms with van der Waals surface area (Å²) >= 11 is 0. The molecule has 0 bridgehead atoms. The summed E-state index contributed by atoms with van der Waals surface area (Å²) in [6, 6.07) is 7.34. The molecular weight excluding hydrogens is 362 g/mol. The number of morpholine rings is 1. The van der Waals surface area contributed by atoms with Gasteiger partial charge < -0.3 is 19.1 Å². The van der Waals surface area contributed by atoms with Crippen LogP contribution >= 0.6 is 0 Å². The first kappa shape index (κ1) is 21.8. The van der Waals surface area contributed by atoms with Crippen molar-refractivity contribution in [3.63, 3.8) is 0 Å². The van der Waals surface area contributed by atoms with Crippen molar-refractivity contribution < 1.29 is 23.8 Å². The maximum Gasteiger partial charge on any atom is 0.434 e. The van der Waals surface area contributed by atoms with Gasteiger partial charge in [0.05, 0.1) is 24.6 Å². The van der Waals surface area contributed by atoms with Gasteiger partial charge in [-0.2, -0.15) is 5.01 Å². The summed E-state index contributed by atoms with van der Waals surface area (Å²) in [5, 5.41) is 1.10. The summed E-state index contributed by atoms with van der Waals surface area (Å²) in [7, 11) is 0. The average Bonchev–Trinajstić information content (AvgIpc) is 2.57. The lowest BCUT2D eigenvalue weighted by molar-refractivity contribution is 0.0425. The predicted molar refractivity (Wildman–Crippen MR) is 108 cm³/mol. The van der Waals surface area contributed by atoms with Gasteiger partial charge in [0.1, 0.15) is 11.2 Å². The number of amides is 2. The predicted octanol–water partition coefficient (Wildman–Crippen LogP) is 3.70. The molecule has 28 heavy (non-hydrogen) atoms. The third kappa shape index (κ3) is 6.60. The number of para-hydroxylation sites is 2.